The molecule has 0 saturated carbocycles. The lowest BCUT2D eigenvalue weighted by atomic mass is 10.2. The third-order valence-corrected chi connectivity index (χ3v) is 3.60. The maximum absolute atomic E-state index is 13.6. The number of rotatable bonds is 3. The van der Waals surface area contributed by atoms with Crippen LogP contribution in [0.5, 0.6) is 0 Å². The maximum atomic E-state index is 13.6. The molecule has 0 aliphatic carbocycles. The second-order valence-corrected chi connectivity index (χ2v) is 4.84. The quantitative estimate of drug-likeness (QED) is 0.813. The first-order valence-corrected chi connectivity index (χ1v) is 6.77. The van der Waals surface area contributed by atoms with Crippen molar-refractivity contribution in [2.24, 2.45) is 0 Å². The van der Waals surface area contributed by atoms with Gasteiger partial charge in [-0.05, 0) is 24.0 Å². The normalized spacial score (nSPS) is 17.6. The first-order valence-electron chi connectivity index (χ1n) is 5.55. The summed E-state index contributed by atoms with van der Waals surface area (Å²) in [4.78, 5) is 3.08. The van der Waals surface area contributed by atoms with Crippen molar-refractivity contribution < 1.29 is 4.39 Å². The number of hydrogen-bond acceptors (Lipinski definition) is 3. The Labute approximate surface area is 100 Å². The standard InChI is InChI=1S/C12H17FN2S/c1-16-12-3-2-10(8-11(12)13)9-15-6-4-14-5-7-15/h2-3,8,14H,4-7,9H2,1H3. The molecular formula is C12H17FN2S. The Morgan fingerprint density at radius 1 is 1.38 bits per heavy atom. The van der Waals surface area contributed by atoms with Crippen molar-refractivity contribution in [3.05, 3.63) is 29.6 Å². The molecule has 2 rings (SSSR count). The summed E-state index contributed by atoms with van der Waals surface area (Å²) in [5, 5.41) is 3.31. The number of nitrogens with one attached hydrogen (secondary N) is 1. The Bertz CT molecular complexity index is 351. The molecule has 88 valence electrons. The smallest absolute Gasteiger partial charge is 0.137 e. The highest BCUT2D eigenvalue weighted by atomic mass is 32.2. The van der Waals surface area contributed by atoms with Gasteiger partial charge in [-0.3, -0.25) is 4.90 Å². The monoisotopic (exact) mass is 240 g/mol. The molecule has 0 atom stereocenters. The summed E-state index contributed by atoms with van der Waals surface area (Å²) in [6.45, 7) is 5.02. The van der Waals surface area contributed by atoms with Gasteiger partial charge in [-0.25, -0.2) is 4.39 Å². The second kappa shape index (κ2) is 5.66. The SMILES string of the molecule is CSc1ccc(CN2CCNCC2)cc1F. The van der Waals surface area contributed by atoms with Gasteiger partial charge in [0.25, 0.3) is 0 Å². The molecule has 1 aliphatic heterocycles. The number of benzene rings is 1. The number of nitrogens with zero attached hydrogens (tertiary/aromatic N) is 1. The lowest BCUT2D eigenvalue weighted by Crippen LogP contribution is -2.42. The highest BCUT2D eigenvalue weighted by Crippen LogP contribution is 2.20. The molecule has 0 spiro atoms. The summed E-state index contributed by atoms with van der Waals surface area (Å²) < 4.78 is 13.6. The summed E-state index contributed by atoms with van der Waals surface area (Å²) in [6, 6.07) is 5.56. The minimum absolute atomic E-state index is 0.0971. The van der Waals surface area contributed by atoms with Crippen molar-refractivity contribution in [1.29, 1.82) is 0 Å². The van der Waals surface area contributed by atoms with Crippen LogP contribution in [0, 0.1) is 5.82 Å². The third-order valence-electron chi connectivity index (χ3n) is 2.83. The van der Waals surface area contributed by atoms with Crippen molar-refractivity contribution in [1.82, 2.24) is 10.2 Å². The predicted molar refractivity (Wildman–Crippen MR) is 66.3 cm³/mol. The predicted octanol–water partition coefficient (Wildman–Crippen LogP) is 1.95. The first kappa shape index (κ1) is 11.9. The maximum Gasteiger partial charge on any atom is 0.137 e. The molecule has 0 unspecified atom stereocenters. The molecule has 1 heterocycles. The van der Waals surface area contributed by atoms with E-state index < -0.39 is 0 Å². The van der Waals surface area contributed by atoms with Crippen LogP contribution < -0.4 is 5.32 Å². The molecule has 2 nitrogen and oxygen atoms in total. The molecule has 1 saturated heterocycles. The molecule has 16 heavy (non-hydrogen) atoms. The van der Waals surface area contributed by atoms with E-state index in [0.717, 1.165) is 43.2 Å². The zero-order valence-electron chi connectivity index (χ0n) is 9.50. The average molecular weight is 240 g/mol. The fourth-order valence-electron chi connectivity index (χ4n) is 1.94. The Kier molecular flexibility index (Phi) is 4.21. The minimum Gasteiger partial charge on any atom is -0.314 e. The van der Waals surface area contributed by atoms with E-state index in [-0.39, 0.29) is 5.82 Å². The summed E-state index contributed by atoms with van der Waals surface area (Å²) in [5.74, 6) is -0.0971. The number of halogens is 1. The van der Waals surface area contributed by atoms with Crippen molar-refractivity contribution in [3.63, 3.8) is 0 Å². The largest absolute Gasteiger partial charge is 0.314 e. The van der Waals surface area contributed by atoms with Crippen LogP contribution >= 0.6 is 11.8 Å². The molecule has 1 aromatic rings. The molecule has 1 aromatic carbocycles. The topological polar surface area (TPSA) is 15.3 Å². The van der Waals surface area contributed by atoms with Crippen molar-refractivity contribution in [2.75, 3.05) is 32.4 Å². The Balaban J connectivity index is 2.01. The minimum atomic E-state index is -0.0971. The van der Waals surface area contributed by atoms with Gasteiger partial charge < -0.3 is 5.32 Å². The molecule has 0 amide bonds. The van der Waals surface area contributed by atoms with Gasteiger partial charge >= 0.3 is 0 Å². The lowest BCUT2D eigenvalue weighted by Gasteiger charge is -2.27. The van der Waals surface area contributed by atoms with Gasteiger partial charge in [0, 0.05) is 37.6 Å². The van der Waals surface area contributed by atoms with Gasteiger partial charge in [0.1, 0.15) is 5.82 Å². The van der Waals surface area contributed by atoms with Crippen LogP contribution in [-0.2, 0) is 6.54 Å². The van der Waals surface area contributed by atoms with Gasteiger partial charge in [-0.15, -0.1) is 11.8 Å². The van der Waals surface area contributed by atoms with Crippen LogP contribution in [0.25, 0.3) is 0 Å². The molecule has 1 aliphatic rings. The lowest BCUT2D eigenvalue weighted by molar-refractivity contribution is 0.233. The summed E-state index contributed by atoms with van der Waals surface area (Å²) in [7, 11) is 0. The average Bonchev–Trinajstić information content (AvgIpc) is 2.31. The molecule has 4 heteroatoms. The summed E-state index contributed by atoms with van der Waals surface area (Å²) >= 11 is 1.45. The van der Waals surface area contributed by atoms with Crippen LogP contribution in [0.15, 0.2) is 23.1 Å². The van der Waals surface area contributed by atoms with Gasteiger partial charge in [0.2, 0.25) is 0 Å². The highest BCUT2D eigenvalue weighted by Gasteiger charge is 2.10. The second-order valence-electron chi connectivity index (χ2n) is 4.00. The van der Waals surface area contributed by atoms with E-state index in [1.165, 1.54) is 11.8 Å². The Morgan fingerprint density at radius 2 is 2.12 bits per heavy atom. The van der Waals surface area contributed by atoms with Crippen LogP contribution in [0.4, 0.5) is 4.39 Å². The van der Waals surface area contributed by atoms with Crippen LogP contribution in [-0.4, -0.2) is 37.3 Å². The zero-order chi connectivity index (χ0) is 11.4. The van der Waals surface area contributed by atoms with E-state index in [9.17, 15) is 4.39 Å². The van der Waals surface area contributed by atoms with Crippen LogP contribution in [0.3, 0.4) is 0 Å². The summed E-state index contributed by atoms with van der Waals surface area (Å²) in [6.07, 6.45) is 1.90. The number of piperazine rings is 1. The highest BCUT2D eigenvalue weighted by molar-refractivity contribution is 7.98. The number of thioether (sulfide) groups is 1. The van der Waals surface area contributed by atoms with Crippen molar-refractivity contribution in [3.8, 4) is 0 Å². The van der Waals surface area contributed by atoms with Gasteiger partial charge in [0.15, 0.2) is 0 Å². The molecule has 0 radical (unpaired) electrons. The molecular weight excluding hydrogens is 223 g/mol. The fraction of sp³-hybridized carbons (Fsp3) is 0.500. The third kappa shape index (κ3) is 2.97. The fourth-order valence-corrected chi connectivity index (χ4v) is 2.39. The first-order chi connectivity index (χ1) is 7.79. The van der Waals surface area contributed by atoms with E-state index in [2.05, 4.69) is 10.2 Å². The van der Waals surface area contributed by atoms with E-state index in [4.69, 9.17) is 0 Å². The molecule has 0 aromatic heterocycles. The summed E-state index contributed by atoms with van der Waals surface area (Å²) in [5.41, 5.74) is 1.07. The van der Waals surface area contributed by atoms with E-state index in [1.54, 1.807) is 6.07 Å². The zero-order valence-corrected chi connectivity index (χ0v) is 10.3. The number of hydrogen-bond donors (Lipinski definition) is 1. The van der Waals surface area contributed by atoms with E-state index in [1.807, 2.05) is 18.4 Å². The van der Waals surface area contributed by atoms with E-state index >= 15 is 0 Å². The van der Waals surface area contributed by atoms with Crippen LogP contribution in [0.1, 0.15) is 5.56 Å². The molecule has 0 bridgehead atoms. The van der Waals surface area contributed by atoms with E-state index in [0.29, 0.717) is 0 Å². The van der Waals surface area contributed by atoms with Gasteiger partial charge in [-0.2, -0.15) is 0 Å². The van der Waals surface area contributed by atoms with Gasteiger partial charge in [0.05, 0.1) is 0 Å². The van der Waals surface area contributed by atoms with Crippen molar-refractivity contribution >= 4 is 11.8 Å². The Hall–Kier alpha value is -0.580. The molecule has 1 fully saturated rings. The molecule has 1 N–H and O–H groups in total. The van der Waals surface area contributed by atoms with Crippen LogP contribution in [0.2, 0.25) is 0 Å². The van der Waals surface area contributed by atoms with Gasteiger partial charge in [-0.1, -0.05) is 6.07 Å². The van der Waals surface area contributed by atoms with Crippen molar-refractivity contribution in [2.45, 2.75) is 11.4 Å². The Morgan fingerprint density at radius 3 is 2.75 bits per heavy atom.